The summed E-state index contributed by atoms with van der Waals surface area (Å²) in [6, 6.07) is 0.932. The molecular formula is C10H12ClN3O5S2. The van der Waals surface area contributed by atoms with Crippen molar-refractivity contribution >= 4 is 44.6 Å². The SMILES string of the molecule is CN1CCCN(S(=O)(=O)c2cc([N+](=O)[O-])c(Cl)s2)CC1=O. The summed E-state index contributed by atoms with van der Waals surface area (Å²) in [4.78, 5) is 23.2. The summed E-state index contributed by atoms with van der Waals surface area (Å²) in [5.41, 5.74) is -0.446. The van der Waals surface area contributed by atoms with E-state index in [0.29, 0.717) is 24.3 Å². The molecule has 0 bridgehead atoms. The molecule has 0 saturated carbocycles. The Morgan fingerprint density at radius 2 is 2.10 bits per heavy atom. The number of hydrogen-bond donors (Lipinski definition) is 0. The summed E-state index contributed by atoms with van der Waals surface area (Å²) in [5, 5.41) is 10.7. The van der Waals surface area contributed by atoms with E-state index >= 15 is 0 Å². The lowest BCUT2D eigenvalue weighted by Gasteiger charge is -2.18. The first-order valence-corrected chi connectivity index (χ1v) is 8.55. The van der Waals surface area contributed by atoms with Gasteiger partial charge in [0.1, 0.15) is 4.21 Å². The number of rotatable bonds is 3. The molecule has 2 rings (SSSR count). The first kappa shape index (κ1) is 16.1. The van der Waals surface area contributed by atoms with Gasteiger partial charge in [0, 0.05) is 26.2 Å². The normalized spacial score (nSPS) is 17.8. The number of halogens is 1. The first-order chi connectivity index (χ1) is 9.73. The van der Waals surface area contributed by atoms with Crippen molar-refractivity contribution in [1.29, 1.82) is 0 Å². The van der Waals surface area contributed by atoms with E-state index in [0.717, 1.165) is 10.4 Å². The molecule has 0 atom stereocenters. The van der Waals surface area contributed by atoms with Crippen molar-refractivity contribution in [2.75, 3.05) is 26.7 Å². The van der Waals surface area contributed by atoms with Crippen LogP contribution in [0.25, 0.3) is 0 Å². The van der Waals surface area contributed by atoms with Crippen LogP contribution in [-0.4, -0.2) is 55.1 Å². The number of thiophene rings is 1. The maximum absolute atomic E-state index is 12.5. The predicted molar refractivity (Wildman–Crippen MR) is 77.0 cm³/mol. The van der Waals surface area contributed by atoms with Crippen molar-refractivity contribution in [2.45, 2.75) is 10.6 Å². The summed E-state index contributed by atoms with van der Waals surface area (Å²) in [6.45, 7) is 0.375. The van der Waals surface area contributed by atoms with Gasteiger partial charge in [-0.05, 0) is 6.42 Å². The van der Waals surface area contributed by atoms with E-state index < -0.39 is 20.6 Å². The van der Waals surface area contributed by atoms with E-state index in [1.165, 1.54) is 4.90 Å². The fourth-order valence-corrected chi connectivity index (χ4v) is 5.13. The molecule has 0 aliphatic carbocycles. The lowest BCUT2D eigenvalue weighted by molar-refractivity contribution is -0.384. The molecule has 8 nitrogen and oxygen atoms in total. The molecule has 11 heteroatoms. The van der Waals surface area contributed by atoms with Gasteiger partial charge in [0.05, 0.1) is 11.5 Å². The third-order valence-corrected chi connectivity index (χ3v) is 6.71. The number of sulfonamides is 1. The van der Waals surface area contributed by atoms with Crippen molar-refractivity contribution < 1.29 is 18.1 Å². The maximum Gasteiger partial charge on any atom is 0.300 e. The predicted octanol–water partition coefficient (Wildman–Crippen LogP) is 1.16. The third-order valence-electron chi connectivity index (χ3n) is 3.08. The quantitative estimate of drug-likeness (QED) is 0.599. The maximum atomic E-state index is 12.5. The van der Waals surface area contributed by atoms with Crippen LogP contribution < -0.4 is 0 Å². The van der Waals surface area contributed by atoms with E-state index in [2.05, 4.69) is 0 Å². The highest BCUT2D eigenvalue weighted by Gasteiger charge is 2.33. The minimum atomic E-state index is -3.96. The topological polar surface area (TPSA) is 101 Å². The molecule has 1 amide bonds. The van der Waals surface area contributed by atoms with Crippen LogP contribution in [0.15, 0.2) is 10.3 Å². The van der Waals surface area contributed by atoms with Crippen LogP contribution in [0.5, 0.6) is 0 Å². The number of nitrogens with zero attached hydrogens (tertiary/aromatic N) is 3. The molecule has 1 aliphatic heterocycles. The fraction of sp³-hybridized carbons (Fsp3) is 0.500. The van der Waals surface area contributed by atoms with Gasteiger partial charge in [0.2, 0.25) is 5.91 Å². The first-order valence-electron chi connectivity index (χ1n) is 5.91. The Balaban J connectivity index is 2.35. The Morgan fingerprint density at radius 1 is 1.43 bits per heavy atom. The number of amides is 1. The second-order valence-electron chi connectivity index (χ2n) is 4.49. The zero-order valence-corrected chi connectivity index (χ0v) is 13.4. The standard InChI is InChI=1S/C10H12ClN3O5S2/c1-12-3-2-4-13(6-8(12)15)21(18,19)9-5-7(14(16)17)10(11)20-9/h5H,2-4,6H2,1H3. The van der Waals surface area contributed by atoms with Gasteiger partial charge in [-0.15, -0.1) is 11.3 Å². The van der Waals surface area contributed by atoms with Gasteiger partial charge in [0.25, 0.3) is 15.7 Å². The molecule has 1 aromatic heterocycles. The van der Waals surface area contributed by atoms with Crippen molar-refractivity contribution in [1.82, 2.24) is 9.21 Å². The Hall–Kier alpha value is -1.23. The van der Waals surface area contributed by atoms with Crippen LogP contribution in [0.3, 0.4) is 0 Å². The van der Waals surface area contributed by atoms with E-state index in [1.807, 2.05) is 0 Å². The molecule has 1 aromatic rings. The number of carbonyl (C=O) groups is 1. The van der Waals surface area contributed by atoms with Gasteiger partial charge in [-0.25, -0.2) is 8.42 Å². The van der Waals surface area contributed by atoms with Gasteiger partial charge in [-0.2, -0.15) is 4.31 Å². The Labute approximate surface area is 130 Å². The molecule has 2 heterocycles. The molecule has 0 aromatic carbocycles. The number of likely N-dealkylation sites (N-methyl/N-ethyl adjacent to an activating group) is 1. The van der Waals surface area contributed by atoms with Crippen molar-refractivity contribution in [3.8, 4) is 0 Å². The van der Waals surface area contributed by atoms with E-state index in [1.54, 1.807) is 7.05 Å². The largest absolute Gasteiger partial charge is 0.345 e. The second-order valence-corrected chi connectivity index (χ2v) is 8.31. The van der Waals surface area contributed by atoms with Gasteiger partial charge in [-0.3, -0.25) is 14.9 Å². The van der Waals surface area contributed by atoms with Crippen LogP contribution in [-0.2, 0) is 14.8 Å². The van der Waals surface area contributed by atoms with Crippen LogP contribution in [0.4, 0.5) is 5.69 Å². The summed E-state index contributed by atoms with van der Waals surface area (Å²) >= 11 is 6.31. The Bertz CT molecular complexity index is 687. The number of nitro groups is 1. The van der Waals surface area contributed by atoms with Gasteiger partial charge in [0.15, 0.2) is 4.34 Å². The zero-order chi connectivity index (χ0) is 15.8. The molecule has 1 fully saturated rings. The van der Waals surface area contributed by atoms with Gasteiger partial charge in [-0.1, -0.05) is 11.6 Å². The average Bonchev–Trinajstić information content (AvgIpc) is 2.71. The highest BCUT2D eigenvalue weighted by Crippen LogP contribution is 2.37. The minimum absolute atomic E-state index is 0.182. The molecule has 116 valence electrons. The second kappa shape index (κ2) is 5.87. The van der Waals surface area contributed by atoms with E-state index in [9.17, 15) is 23.3 Å². The fourth-order valence-electron chi connectivity index (χ4n) is 1.88. The van der Waals surface area contributed by atoms with Crippen LogP contribution in [0, 0.1) is 10.1 Å². The molecule has 0 spiro atoms. The highest BCUT2D eigenvalue weighted by atomic mass is 35.5. The van der Waals surface area contributed by atoms with Gasteiger partial charge >= 0.3 is 0 Å². The van der Waals surface area contributed by atoms with Crippen molar-refractivity contribution in [2.24, 2.45) is 0 Å². The van der Waals surface area contributed by atoms with Crippen LogP contribution in [0.1, 0.15) is 6.42 Å². The summed E-state index contributed by atoms with van der Waals surface area (Å²) < 4.78 is 25.5. The third kappa shape index (κ3) is 3.18. The Morgan fingerprint density at radius 3 is 2.67 bits per heavy atom. The number of carbonyl (C=O) groups excluding carboxylic acids is 1. The minimum Gasteiger partial charge on any atom is -0.345 e. The summed E-state index contributed by atoms with van der Waals surface area (Å²) in [7, 11) is -2.36. The molecule has 1 aliphatic rings. The van der Waals surface area contributed by atoms with Crippen LogP contribution >= 0.6 is 22.9 Å². The summed E-state index contributed by atoms with van der Waals surface area (Å²) in [6.07, 6.45) is 0.503. The average molecular weight is 354 g/mol. The molecule has 0 radical (unpaired) electrons. The van der Waals surface area contributed by atoms with Gasteiger partial charge < -0.3 is 4.90 Å². The number of hydrogen-bond acceptors (Lipinski definition) is 6. The van der Waals surface area contributed by atoms with Crippen molar-refractivity contribution in [3.05, 3.63) is 20.5 Å². The van der Waals surface area contributed by atoms with Crippen molar-refractivity contribution in [3.63, 3.8) is 0 Å². The molecule has 1 saturated heterocycles. The Kier molecular flexibility index (Phi) is 4.51. The van der Waals surface area contributed by atoms with E-state index in [4.69, 9.17) is 11.6 Å². The lowest BCUT2D eigenvalue weighted by Crippen LogP contribution is -2.37. The monoisotopic (exact) mass is 353 g/mol. The zero-order valence-electron chi connectivity index (χ0n) is 11.0. The molecule has 0 N–H and O–H groups in total. The summed E-state index contributed by atoms with van der Waals surface area (Å²) in [5.74, 6) is -0.312. The lowest BCUT2D eigenvalue weighted by atomic mass is 10.4. The molecule has 0 unspecified atom stereocenters. The van der Waals surface area contributed by atoms with E-state index in [-0.39, 0.29) is 27.5 Å². The van der Waals surface area contributed by atoms with Crippen LogP contribution in [0.2, 0.25) is 4.34 Å². The molecular weight excluding hydrogens is 342 g/mol. The smallest absolute Gasteiger partial charge is 0.300 e. The highest BCUT2D eigenvalue weighted by molar-refractivity contribution is 7.91. The molecule has 21 heavy (non-hydrogen) atoms.